The fraction of sp³-hybridized carbons (Fsp3) is 0.0833. The van der Waals surface area contributed by atoms with Gasteiger partial charge in [0, 0.05) is 29.5 Å². The number of hydrogen-bond donors (Lipinski definition) is 2. The molecule has 0 heterocycles. The van der Waals surface area contributed by atoms with Crippen molar-refractivity contribution in [3.63, 3.8) is 0 Å². The van der Waals surface area contributed by atoms with Crippen LogP contribution in [0, 0.1) is 15.9 Å². The van der Waals surface area contributed by atoms with E-state index < -0.39 is 10.7 Å². The van der Waals surface area contributed by atoms with Crippen molar-refractivity contribution in [3.05, 3.63) is 111 Å². The van der Waals surface area contributed by atoms with E-state index in [1.807, 2.05) is 6.92 Å². The minimum Gasteiger partial charge on any atom is -0.346 e. The summed E-state index contributed by atoms with van der Waals surface area (Å²) in [6.45, 7) is 1.81. The number of hydrogen-bond acceptors (Lipinski definition) is 4. The van der Waals surface area contributed by atoms with Crippen LogP contribution in [-0.4, -0.2) is 16.7 Å². The Hall–Kier alpha value is -4.33. The van der Waals surface area contributed by atoms with Gasteiger partial charge in [-0.05, 0) is 60.5 Å². The van der Waals surface area contributed by atoms with Crippen LogP contribution in [-0.2, 0) is 4.79 Å². The van der Waals surface area contributed by atoms with Crippen LogP contribution in [0.3, 0.4) is 0 Å². The van der Waals surface area contributed by atoms with Crippen molar-refractivity contribution in [2.24, 2.45) is 0 Å². The number of nitrogens with zero attached hydrogens (tertiary/aromatic N) is 1. The molecule has 8 heteroatoms. The minimum absolute atomic E-state index is 0.0486. The largest absolute Gasteiger partial charge is 0.346 e. The molecule has 2 N–H and O–H groups in total. The van der Waals surface area contributed by atoms with E-state index in [0.717, 1.165) is 5.56 Å². The Morgan fingerprint density at radius 1 is 1.03 bits per heavy atom. The third kappa shape index (κ3) is 6.09. The number of amides is 2. The monoisotopic (exact) mass is 433 g/mol. The van der Waals surface area contributed by atoms with E-state index in [0.29, 0.717) is 16.8 Å². The molecule has 3 rings (SSSR count). The number of non-ortho nitro benzene ring substituents is 1. The zero-order valence-electron chi connectivity index (χ0n) is 17.1. The van der Waals surface area contributed by atoms with Gasteiger partial charge in [-0.15, -0.1) is 0 Å². The maximum Gasteiger partial charge on any atom is 0.270 e. The van der Waals surface area contributed by atoms with Crippen LogP contribution in [0.5, 0.6) is 0 Å². The standard InChI is InChI=1S/C24H20FN3O4/c1-16(26-23(29)14-5-17-3-2-4-22(15-17)28(31)32)18-8-12-21(13-9-18)27-24(30)19-6-10-20(25)11-7-19/h2-16H,1H3,(H,26,29)(H,27,30). The lowest BCUT2D eigenvalue weighted by atomic mass is 10.1. The Morgan fingerprint density at radius 3 is 2.38 bits per heavy atom. The lowest BCUT2D eigenvalue weighted by molar-refractivity contribution is -0.384. The molecule has 3 aromatic carbocycles. The average molecular weight is 433 g/mol. The molecule has 32 heavy (non-hydrogen) atoms. The SMILES string of the molecule is CC(NC(=O)C=Cc1cccc([N+](=O)[O-])c1)c1ccc(NC(=O)c2ccc(F)cc2)cc1. The molecular weight excluding hydrogens is 413 g/mol. The van der Waals surface area contributed by atoms with Gasteiger partial charge >= 0.3 is 0 Å². The van der Waals surface area contributed by atoms with Crippen molar-refractivity contribution >= 4 is 29.3 Å². The number of benzene rings is 3. The zero-order valence-corrected chi connectivity index (χ0v) is 17.1. The molecule has 2 amide bonds. The van der Waals surface area contributed by atoms with Gasteiger partial charge in [-0.25, -0.2) is 4.39 Å². The van der Waals surface area contributed by atoms with Gasteiger partial charge in [0.2, 0.25) is 5.91 Å². The second-order valence-corrected chi connectivity index (χ2v) is 7.00. The summed E-state index contributed by atoms with van der Waals surface area (Å²) in [7, 11) is 0. The third-order valence-corrected chi connectivity index (χ3v) is 4.64. The number of carbonyl (C=O) groups excluding carboxylic acids is 2. The number of nitro groups is 1. The molecule has 0 saturated carbocycles. The minimum atomic E-state index is -0.495. The molecule has 3 aromatic rings. The maximum atomic E-state index is 13.0. The Balaban J connectivity index is 1.57. The van der Waals surface area contributed by atoms with Crippen LogP contribution >= 0.6 is 0 Å². The van der Waals surface area contributed by atoms with Crippen LogP contribution < -0.4 is 10.6 Å². The van der Waals surface area contributed by atoms with Crippen molar-refractivity contribution < 1.29 is 18.9 Å². The van der Waals surface area contributed by atoms with Gasteiger partial charge in [0.15, 0.2) is 0 Å². The molecule has 0 aromatic heterocycles. The van der Waals surface area contributed by atoms with E-state index in [4.69, 9.17) is 0 Å². The number of nitro benzene ring substituents is 1. The van der Waals surface area contributed by atoms with E-state index in [1.54, 1.807) is 36.4 Å². The first kappa shape index (κ1) is 22.4. The van der Waals surface area contributed by atoms with Gasteiger partial charge in [0.1, 0.15) is 5.82 Å². The Morgan fingerprint density at radius 2 is 1.72 bits per heavy atom. The quantitative estimate of drug-likeness (QED) is 0.315. The summed E-state index contributed by atoms with van der Waals surface area (Å²) in [5.41, 5.74) is 2.22. The molecule has 0 saturated heterocycles. The Labute approximate surface area is 183 Å². The number of halogens is 1. The van der Waals surface area contributed by atoms with Gasteiger partial charge in [0.05, 0.1) is 11.0 Å². The summed E-state index contributed by atoms with van der Waals surface area (Å²) < 4.78 is 13.0. The summed E-state index contributed by atoms with van der Waals surface area (Å²) in [6, 6.07) is 17.9. The van der Waals surface area contributed by atoms with E-state index in [2.05, 4.69) is 10.6 Å². The molecule has 0 aliphatic rings. The fourth-order valence-corrected chi connectivity index (χ4v) is 2.92. The Kier molecular flexibility index (Phi) is 7.07. The molecule has 1 atom stereocenters. The lowest BCUT2D eigenvalue weighted by Crippen LogP contribution is -2.24. The molecule has 0 fully saturated rings. The molecule has 0 radical (unpaired) electrons. The molecule has 0 aliphatic heterocycles. The van der Waals surface area contributed by atoms with Crippen molar-refractivity contribution in [2.45, 2.75) is 13.0 Å². The number of anilines is 1. The highest BCUT2D eigenvalue weighted by atomic mass is 19.1. The Bertz CT molecular complexity index is 1160. The molecule has 1 unspecified atom stereocenters. The summed E-state index contributed by atoms with van der Waals surface area (Å²) in [5, 5.41) is 16.4. The van der Waals surface area contributed by atoms with Gasteiger partial charge in [-0.2, -0.15) is 0 Å². The fourth-order valence-electron chi connectivity index (χ4n) is 2.92. The molecule has 0 bridgehead atoms. The summed E-state index contributed by atoms with van der Waals surface area (Å²) in [6.07, 6.45) is 2.82. The van der Waals surface area contributed by atoms with E-state index >= 15 is 0 Å². The van der Waals surface area contributed by atoms with E-state index in [1.165, 1.54) is 48.6 Å². The van der Waals surface area contributed by atoms with Crippen LogP contribution in [0.25, 0.3) is 6.08 Å². The first-order valence-electron chi connectivity index (χ1n) is 9.72. The van der Waals surface area contributed by atoms with Crippen LogP contribution in [0.15, 0.2) is 78.9 Å². The van der Waals surface area contributed by atoms with Crippen molar-refractivity contribution in [2.75, 3.05) is 5.32 Å². The van der Waals surface area contributed by atoms with Gasteiger partial charge < -0.3 is 10.6 Å². The predicted octanol–water partition coefficient (Wildman–Crippen LogP) is 4.88. The smallest absolute Gasteiger partial charge is 0.270 e. The van der Waals surface area contributed by atoms with Gasteiger partial charge in [-0.1, -0.05) is 24.3 Å². The topological polar surface area (TPSA) is 101 Å². The number of carbonyl (C=O) groups is 2. The third-order valence-electron chi connectivity index (χ3n) is 4.64. The first-order valence-corrected chi connectivity index (χ1v) is 9.72. The highest BCUT2D eigenvalue weighted by Crippen LogP contribution is 2.18. The van der Waals surface area contributed by atoms with Crippen LogP contribution in [0.2, 0.25) is 0 Å². The average Bonchev–Trinajstić information content (AvgIpc) is 2.78. The number of nitrogens with one attached hydrogen (secondary N) is 2. The molecular formula is C24H20FN3O4. The molecule has 162 valence electrons. The zero-order chi connectivity index (χ0) is 23.1. The first-order chi connectivity index (χ1) is 15.3. The maximum absolute atomic E-state index is 13.0. The molecule has 0 aliphatic carbocycles. The van der Waals surface area contributed by atoms with E-state index in [9.17, 15) is 24.1 Å². The second-order valence-electron chi connectivity index (χ2n) is 7.00. The van der Waals surface area contributed by atoms with Crippen molar-refractivity contribution in [1.29, 1.82) is 0 Å². The highest BCUT2D eigenvalue weighted by molar-refractivity contribution is 6.04. The highest BCUT2D eigenvalue weighted by Gasteiger charge is 2.10. The van der Waals surface area contributed by atoms with E-state index in [-0.39, 0.29) is 23.5 Å². The molecule has 7 nitrogen and oxygen atoms in total. The summed E-state index contributed by atoms with van der Waals surface area (Å²) in [5.74, 6) is -1.12. The van der Waals surface area contributed by atoms with Crippen molar-refractivity contribution in [3.8, 4) is 0 Å². The number of rotatable bonds is 7. The summed E-state index contributed by atoms with van der Waals surface area (Å²) in [4.78, 5) is 34.7. The molecule has 0 spiro atoms. The normalized spacial score (nSPS) is 11.7. The lowest BCUT2D eigenvalue weighted by Gasteiger charge is -2.14. The second kappa shape index (κ2) is 10.1. The van der Waals surface area contributed by atoms with Gasteiger partial charge in [0.25, 0.3) is 11.6 Å². The van der Waals surface area contributed by atoms with Crippen LogP contribution in [0.1, 0.15) is 34.5 Å². The van der Waals surface area contributed by atoms with Gasteiger partial charge in [-0.3, -0.25) is 19.7 Å². The summed E-state index contributed by atoms with van der Waals surface area (Å²) >= 11 is 0. The van der Waals surface area contributed by atoms with Crippen LogP contribution in [0.4, 0.5) is 15.8 Å². The predicted molar refractivity (Wildman–Crippen MR) is 119 cm³/mol. The van der Waals surface area contributed by atoms with Crippen molar-refractivity contribution in [1.82, 2.24) is 5.32 Å².